The van der Waals surface area contributed by atoms with Gasteiger partial charge in [0.2, 0.25) is 0 Å². The maximum Gasteiger partial charge on any atom is 0.311 e. The van der Waals surface area contributed by atoms with Crippen LogP contribution < -0.4 is 0 Å². The Labute approximate surface area is 96.1 Å². The summed E-state index contributed by atoms with van der Waals surface area (Å²) in [5, 5.41) is 9.16. The van der Waals surface area contributed by atoms with Gasteiger partial charge in [0.25, 0.3) is 0 Å². The molecule has 3 heteroatoms. The fourth-order valence-electron chi connectivity index (χ4n) is 1.52. The first-order chi connectivity index (χ1) is 7.45. The minimum Gasteiger partial charge on any atom is -0.508 e. The second-order valence-corrected chi connectivity index (χ2v) is 4.45. The molecule has 0 aliphatic rings. The molecular weight excluding hydrogens is 204 g/mol. The SMILES string of the molecule is CCOC(=O)C(C)(C)Cc1ccc(O)cc1. The zero-order valence-corrected chi connectivity index (χ0v) is 9.99. The van der Waals surface area contributed by atoms with E-state index in [1.807, 2.05) is 26.0 Å². The summed E-state index contributed by atoms with van der Waals surface area (Å²) in [6, 6.07) is 6.87. The molecule has 0 heterocycles. The second-order valence-electron chi connectivity index (χ2n) is 4.45. The number of ether oxygens (including phenoxy) is 1. The molecular formula is C13H18O3. The van der Waals surface area contributed by atoms with Crippen LogP contribution in [-0.4, -0.2) is 17.7 Å². The molecule has 0 unspecified atom stereocenters. The molecule has 1 rings (SSSR count). The highest BCUT2D eigenvalue weighted by Crippen LogP contribution is 2.24. The molecule has 0 amide bonds. The molecule has 16 heavy (non-hydrogen) atoms. The number of carbonyl (C=O) groups excluding carboxylic acids is 1. The highest BCUT2D eigenvalue weighted by atomic mass is 16.5. The average molecular weight is 222 g/mol. The summed E-state index contributed by atoms with van der Waals surface area (Å²) < 4.78 is 5.01. The Morgan fingerprint density at radius 1 is 1.31 bits per heavy atom. The van der Waals surface area contributed by atoms with Crippen molar-refractivity contribution in [3.05, 3.63) is 29.8 Å². The van der Waals surface area contributed by atoms with E-state index in [1.54, 1.807) is 19.1 Å². The van der Waals surface area contributed by atoms with Crippen molar-refractivity contribution >= 4 is 5.97 Å². The molecule has 0 aromatic heterocycles. The second kappa shape index (κ2) is 5.01. The van der Waals surface area contributed by atoms with Gasteiger partial charge in [-0.3, -0.25) is 4.79 Å². The first-order valence-corrected chi connectivity index (χ1v) is 5.41. The predicted octanol–water partition coefficient (Wildman–Crippen LogP) is 2.52. The summed E-state index contributed by atoms with van der Waals surface area (Å²) in [7, 11) is 0. The van der Waals surface area contributed by atoms with Gasteiger partial charge in [-0.25, -0.2) is 0 Å². The van der Waals surface area contributed by atoms with E-state index < -0.39 is 5.41 Å². The minimum atomic E-state index is -0.535. The highest BCUT2D eigenvalue weighted by Gasteiger charge is 2.29. The van der Waals surface area contributed by atoms with E-state index >= 15 is 0 Å². The largest absolute Gasteiger partial charge is 0.508 e. The first kappa shape index (κ1) is 12.6. The van der Waals surface area contributed by atoms with Crippen LogP contribution in [0.15, 0.2) is 24.3 Å². The van der Waals surface area contributed by atoms with Crippen molar-refractivity contribution in [1.29, 1.82) is 0 Å². The van der Waals surface area contributed by atoms with Gasteiger partial charge < -0.3 is 9.84 Å². The third kappa shape index (κ3) is 3.26. The summed E-state index contributed by atoms with van der Waals surface area (Å²) in [6.45, 7) is 5.92. The van der Waals surface area contributed by atoms with E-state index in [-0.39, 0.29) is 11.7 Å². The molecule has 0 aliphatic carbocycles. The standard InChI is InChI=1S/C13H18O3/c1-4-16-12(15)13(2,3)9-10-5-7-11(14)8-6-10/h5-8,14H,4,9H2,1-3H3. The van der Waals surface area contributed by atoms with Gasteiger partial charge in [-0.15, -0.1) is 0 Å². The Bertz CT molecular complexity index is 352. The molecule has 1 aromatic carbocycles. The number of rotatable bonds is 4. The summed E-state index contributed by atoms with van der Waals surface area (Å²) in [5.74, 6) is 0.0424. The van der Waals surface area contributed by atoms with Crippen LogP contribution >= 0.6 is 0 Å². The van der Waals surface area contributed by atoms with Gasteiger partial charge in [-0.05, 0) is 44.9 Å². The van der Waals surface area contributed by atoms with Crippen molar-refractivity contribution in [1.82, 2.24) is 0 Å². The summed E-state index contributed by atoms with van der Waals surface area (Å²) in [4.78, 5) is 11.7. The third-order valence-corrected chi connectivity index (χ3v) is 2.41. The number of benzene rings is 1. The van der Waals surface area contributed by atoms with Gasteiger partial charge in [-0.2, -0.15) is 0 Å². The molecule has 0 aliphatic heterocycles. The number of phenols is 1. The van der Waals surface area contributed by atoms with Crippen molar-refractivity contribution in [3.63, 3.8) is 0 Å². The van der Waals surface area contributed by atoms with Crippen LogP contribution in [-0.2, 0) is 16.0 Å². The van der Waals surface area contributed by atoms with Crippen molar-refractivity contribution < 1.29 is 14.6 Å². The Balaban J connectivity index is 2.72. The van der Waals surface area contributed by atoms with Crippen LogP contribution in [0.25, 0.3) is 0 Å². The molecule has 88 valence electrons. The smallest absolute Gasteiger partial charge is 0.311 e. The zero-order valence-electron chi connectivity index (χ0n) is 9.99. The first-order valence-electron chi connectivity index (χ1n) is 5.41. The molecule has 0 saturated heterocycles. The summed E-state index contributed by atoms with van der Waals surface area (Å²) >= 11 is 0. The lowest BCUT2D eigenvalue weighted by Crippen LogP contribution is -2.28. The highest BCUT2D eigenvalue weighted by molar-refractivity contribution is 5.76. The maximum atomic E-state index is 11.7. The van der Waals surface area contributed by atoms with Crippen LogP contribution in [0.5, 0.6) is 5.75 Å². The monoisotopic (exact) mass is 222 g/mol. The topological polar surface area (TPSA) is 46.5 Å². The van der Waals surface area contributed by atoms with Crippen molar-refractivity contribution in [2.24, 2.45) is 5.41 Å². The zero-order chi connectivity index (χ0) is 12.2. The normalized spacial score (nSPS) is 11.2. The van der Waals surface area contributed by atoms with Crippen molar-refractivity contribution in [2.75, 3.05) is 6.61 Å². The predicted molar refractivity (Wildman–Crippen MR) is 62.2 cm³/mol. The number of phenolic OH excluding ortho intramolecular Hbond substituents is 1. The molecule has 0 atom stereocenters. The van der Waals surface area contributed by atoms with E-state index in [4.69, 9.17) is 9.84 Å². The lowest BCUT2D eigenvalue weighted by Gasteiger charge is -2.22. The number of esters is 1. The van der Waals surface area contributed by atoms with Crippen LogP contribution in [0.1, 0.15) is 26.3 Å². The fourth-order valence-corrected chi connectivity index (χ4v) is 1.52. The van der Waals surface area contributed by atoms with Crippen molar-refractivity contribution in [3.8, 4) is 5.75 Å². The average Bonchev–Trinajstić information content (AvgIpc) is 2.21. The molecule has 3 nitrogen and oxygen atoms in total. The van der Waals surface area contributed by atoms with E-state index in [9.17, 15) is 4.79 Å². The van der Waals surface area contributed by atoms with Crippen molar-refractivity contribution in [2.45, 2.75) is 27.2 Å². The van der Waals surface area contributed by atoms with Gasteiger partial charge in [0.1, 0.15) is 5.75 Å². The van der Waals surface area contributed by atoms with E-state index in [0.29, 0.717) is 13.0 Å². The van der Waals surface area contributed by atoms with Gasteiger partial charge in [-0.1, -0.05) is 12.1 Å². The van der Waals surface area contributed by atoms with E-state index in [0.717, 1.165) is 5.56 Å². The third-order valence-electron chi connectivity index (χ3n) is 2.41. The summed E-state index contributed by atoms with van der Waals surface area (Å²) in [5.41, 5.74) is 0.475. The van der Waals surface area contributed by atoms with E-state index in [2.05, 4.69) is 0 Å². The minimum absolute atomic E-state index is 0.192. The van der Waals surface area contributed by atoms with Crippen LogP contribution in [0.2, 0.25) is 0 Å². The number of aromatic hydroxyl groups is 1. The van der Waals surface area contributed by atoms with Gasteiger partial charge in [0.05, 0.1) is 12.0 Å². The quantitative estimate of drug-likeness (QED) is 0.796. The molecule has 0 spiro atoms. The Kier molecular flexibility index (Phi) is 3.93. The Morgan fingerprint density at radius 3 is 2.38 bits per heavy atom. The fraction of sp³-hybridized carbons (Fsp3) is 0.462. The van der Waals surface area contributed by atoms with Gasteiger partial charge in [0.15, 0.2) is 0 Å². The lowest BCUT2D eigenvalue weighted by molar-refractivity contribution is -0.153. The number of hydrogen-bond acceptors (Lipinski definition) is 3. The van der Waals surface area contributed by atoms with Gasteiger partial charge in [0, 0.05) is 0 Å². The molecule has 1 aromatic rings. The van der Waals surface area contributed by atoms with E-state index in [1.165, 1.54) is 0 Å². The molecule has 0 bridgehead atoms. The molecule has 0 radical (unpaired) electrons. The number of hydrogen-bond donors (Lipinski definition) is 1. The van der Waals surface area contributed by atoms with Gasteiger partial charge >= 0.3 is 5.97 Å². The lowest BCUT2D eigenvalue weighted by atomic mass is 9.86. The molecule has 1 N–H and O–H groups in total. The van der Waals surface area contributed by atoms with Crippen LogP contribution in [0.3, 0.4) is 0 Å². The molecule has 0 fully saturated rings. The molecule has 0 saturated carbocycles. The maximum absolute atomic E-state index is 11.7. The Hall–Kier alpha value is -1.51. The van der Waals surface area contributed by atoms with Crippen LogP contribution in [0.4, 0.5) is 0 Å². The summed E-state index contributed by atoms with van der Waals surface area (Å²) in [6.07, 6.45) is 0.603. The van der Waals surface area contributed by atoms with Crippen LogP contribution in [0, 0.1) is 5.41 Å². The Morgan fingerprint density at radius 2 is 1.88 bits per heavy atom. The number of carbonyl (C=O) groups is 1.